The number of carbonyl (C=O) groups is 2. The third-order valence-corrected chi connectivity index (χ3v) is 8.49. The Kier molecular flexibility index (Phi) is 3.85. The average molecular weight is 332 g/mol. The summed E-state index contributed by atoms with van der Waals surface area (Å²) in [6.07, 6.45) is 10.2. The number of hydrogen-bond acceptors (Lipinski definition) is 3. The maximum absolute atomic E-state index is 12.4. The van der Waals surface area contributed by atoms with Crippen LogP contribution in [0.25, 0.3) is 0 Å². The van der Waals surface area contributed by atoms with Crippen molar-refractivity contribution in [3.63, 3.8) is 0 Å². The summed E-state index contributed by atoms with van der Waals surface area (Å²) >= 11 is 0. The normalized spacial score (nSPS) is 50.6. The second-order valence-electron chi connectivity index (χ2n) is 9.66. The molecule has 4 saturated carbocycles. The molecule has 3 heteroatoms. The van der Waals surface area contributed by atoms with E-state index >= 15 is 0 Å². The molecule has 0 N–H and O–H groups in total. The minimum absolute atomic E-state index is 0.0101. The molecule has 0 unspecified atom stereocenters. The molecule has 24 heavy (non-hydrogen) atoms. The van der Waals surface area contributed by atoms with Gasteiger partial charge in [0, 0.05) is 18.8 Å². The topological polar surface area (TPSA) is 43.4 Å². The summed E-state index contributed by atoms with van der Waals surface area (Å²) in [5.74, 6) is 3.37. The average Bonchev–Trinajstić information content (AvgIpc) is 2.81. The van der Waals surface area contributed by atoms with Crippen LogP contribution in [0.2, 0.25) is 0 Å². The third-order valence-electron chi connectivity index (χ3n) is 8.49. The van der Waals surface area contributed by atoms with E-state index in [4.69, 9.17) is 4.74 Å². The zero-order chi connectivity index (χ0) is 17.1. The summed E-state index contributed by atoms with van der Waals surface area (Å²) in [4.78, 5) is 23.8. The summed E-state index contributed by atoms with van der Waals surface area (Å²) in [5, 5.41) is 0. The second-order valence-corrected chi connectivity index (χ2v) is 9.66. The minimum Gasteiger partial charge on any atom is -0.463 e. The predicted octanol–water partition coefficient (Wildman–Crippen LogP) is 4.53. The van der Waals surface area contributed by atoms with E-state index in [-0.39, 0.29) is 17.5 Å². The lowest BCUT2D eigenvalue weighted by molar-refractivity contribution is -0.158. The van der Waals surface area contributed by atoms with Gasteiger partial charge < -0.3 is 4.74 Å². The Morgan fingerprint density at radius 3 is 2.46 bits per heavy atom. The third kappa shape index (κ3) is 2.37. The summed E-state index contributed by atoms with van der Waals surface area (Å²) in [6, 6.07) is 0. The summed E-state index contributed by atoms with van der Waals surface area (Å²) < 4.78 is 5.56. The fraction of sp³-hybridized carbons (Fsp3) is 0.905. The first-order chi connectivity index (χ1) is 11.3. The van der Waals surface area contributed by atoms with Crippen LogP contribution in [0.4, 0.5) is 0 Å². The van der Waals surface area contributed by atoms with Crippen LogP contribution in [-0.2, 0) is 14.3 Å². The largest absolute Gasteiger partial charge is 0.463 e. The molecule has 4 aliphatic rings. The van der Waals surface area contributed by atoms with E-state index in [1.165, 1.54) is 32.6 Å². The Labute approximate surface area is 145 Å². The smallest absolute Gasteiger partial charge is 0.302 e. The van der Waals surface area contributed by atoms with Crippen LogP contribution in [-0.4, -0.2) is 17.9 Å². The van der Waals surface area contributed by atoms with Crippen LogP contribution in [0.1, 0.15) is 78.6 Å². The van der Waals surface area contributed by atoms with Crippen molar-refractivity contribution in [3.8, 4) is 0 Å². The Hall–Kier alpha value is -0.860. The zero-order valence-corrected chi connectivity index (χ0v) is 15.5. The van der Waals surface area contributed by atoms with Crippen molar-refractivity contribution in [2.45, 2.75) is 84.7 Å². The van der Waals surface area contributed by atoms with Crippen LogP contribution in [0.15, 0.2) is 0 Å². The first-order valence-corrected chi connectivity index (χ1v) is 10.0. The van der Waals surface area contributed by atoms with Gasteiger partial charge in [-0.3, -0.25) is 9.59 Å². The molecule has 0 aromatic heterocycles. The van der Waals surface area contributed by atoms with E-state index in [1.807, 2.05) is 0 Å². The van der Waals surface area contributed by atoms with Crippen LogP contribution in [0.5, 0.6) is 0 Å². The van der Waals surface area contributed by atoms with Crippen molar-refractivity contribution in [2.75, 3.05) is 0 Å². The minimum atomic E-state index is -0.131. The van der Waals surface area contributed by atoms with E-state index in [9.17, 15) is 9.59 Å². The quantitative estimate of drug-likeness (QED) is 0.663. The van der Waals surface area contributed by atoms with E-state index in [0.717, 1.165) is 49.9 Å². The fourth-order valence-corrected chi connectivity index (χ4v) is 7.34. The zero-order valence-electron chi connectivity index (χ0n) is 15.5. The highest BCUT2D eigenvalue weighted by Gasteiger charge is 2.59. The molecule has 0 saturated heterocycles. The first-order valence-electron chi connectivity index (χ1n) is 10.0. The number of fused-ring (bicyclic) bond motifs is 5. The van der Waals surface area contributed by atoms with Gasteiger partial charge in [0.1, 0.15) is 11.9 Å². The highest BCUT2D eigenvalue weighted by atomic mass is 16.5. The van der Waals surface area contributed by atoms with Gasteiger partial charge in [-0.25, -0.2) is 0 Å². The summed E-state index contributed by atoms with van der Waals surface area (Å²) in [6.45, 7) is 6.23. The molecule has 0 aromatic rings. The van der Waals surface area contributed by atoms with Gasteiger partial charge >= 0.3 is 5.97 Å². The van der Waals surface area contributed by atoms with Crippen molar-refractivity contribution in [1.82, 2.24) is 0 Å². The van der Waals surface area contributed by atoms with E-state index in [2.05, 4.69) is 13.8 Å². The highest BCUT2D eigenvalue weighted by Crippen LogP contribution is 2.64. The van der Waals surface area contributed by atoms with Gasteiger partial charge in [0.05, 0.1) is 0 Å². The Morgan fingerprint density at radius 2 is 1.71 bits per heavy atom. The molecule has 0 bridgehead atoms. The summed E-state index contributed by atoms with van der Waals surface area (Å²) in [5.41, 5.74) is 0.319. The standard InChI is InChI=1S/C21H32O3/c1-13(22)24-14-4-5-17-15-9-11-21(3)18(6-7-19(21)23)16(15)8-10-20(17,2)12-14/h14-18H,4-12H2,1-3H3/t14-,15-,16+,17+,18-,20+,21-/m0/s1. The van der Waals surface area contributed by atoms with Gasteiger partial charge in [0.15, 0.2) is 0 Å². The molecule has 0 amide bonds. The van der Waals surface area contributed by atoms with Crippen LogP contribution >= 0.6 is 0 Å². The monoisotopic (exact) mass is 332 g/mol. The lowest BCUT2D eigenvalue weighted by atomic mass is 9.46. The number of ketones is 1. The molecule has 0 spiro atoms. The molecule has 0 aliphatic heterocycles. The highest BCUT2D eigenvalue weighted by molar-refractivity contribution is 5.87. The van der Waals surface area contributed by atoms with E-state index in [1.54, 1.807) is 0 Å². The van der Waals surface area contributed by atoms with Gasteiger partial charge in [0.2, 0.25) is 0 Å². The van der Waals surface area contributed by atoms with Crippen molar-refractivity contribution >= 4 is 11.8 Å². The van der Waals surface area contributed by atoms with Gasteiger partial charge in [-0.1, -0.05) is 13.8 Å². The number of Topliss-reactive ketones (excluding diaryl/α,β-unsaturated/α-hetero) is 1. The molecule has 7 atom stereocenters. The van der Waals surface area contributed by atoms with Gasteiger partial charge in [-0.15, -0.1) is 0 Å². The second kappa shape index (κ2) is 5.57. The first kappa shape index (κ1) is 16.6. The number of carbonyl (C=O) groups excluding carboxylic acids is 2. The number of hydrogen-bond donors (Lipinski definition) is 0. The van der Waals surface area contributed by atoms with Crippen molar-refractivity contribution in [3.05, 3.63) is 0 Å². The maximum Gasteiger partial charge on any atom is 0.302 e. The maximum atomic E-state index is 12.4. The molecule has 0 radical (unpaired) electrons. The van der Waals surface area contributed by atoms with Gasteiger partial charge in [0.25, 0.3) is 0 Å². The molecule has 134 valence electrons. The molecular formula is C21H32O3. The molecule has 0 heterocycles. The van der Waals surface area contributed by atoms with Crippen molar-refractivity contribution < 1.29 is 14.3 Å². The Morgan fingerprint density at radius 1 is 1.00 bits per heavy atom. The van der Waals surface area contributed by atoms with Crippen molar-refractivity contribution in [1.29, 1.82) is 0 Å². The van der Waals surface area contributed by atoms with Gasteiger partial charge in [-0.2, -0.15) is 0 Å². The molecule has 4 aliphatic carbocycles. The lowest BCUT2D eigenvalue weighted by Crippen LogP contribution is -2.52. The van der Waals surface area contributed by atoms with Gasteiger partial charge in [-0.05, 0) is 80.5 Å². The molecular weight excluding hydrogens is 300 g/mol. The Bertz CT molecular complexity index is 555. The van der Waals surface area contributed by atoms with Crippen LogP contribution in [0.3, 0.4) is 0 Å². The SMILES string of the molecule is CC(=O)O[C@H]1CC[C@@H]2[C@H]3CC[C@]4(C)C(=O)CC[C@H]4[C@@H]3CC[C@]2(C)C1. The molecule has 4 rings (SSSR count). The van der Waals surface area contributed by atoms with Crippen LogP contribution < -0.4 is 0 Å². The number of ether oxygens (including phenoxy) is 1. The van der Waals surface area contributed by atoms with Crippen LogP contribution in [0, 0.1) is 34.5 Å². The number of esters is 1. The van der Waals surface area contributed by atoms with E-state index < -0.39 is 0 Å². The number of rotatable bonds is 1. The fourth-order valence-electron chi connectivity index (χ4n) is 7.34. The molecule has 3 nitrogen and oxygen atoms in total. The summed E-state index contributed by atoms with van der Waals surface area (Å²) in [7, 11) is 0. The lowest BCUT2D eigenvalue weighted by Gasteiger charge is -2.58. The Balaban J connectivity index is 1.53. The van der Waals surface area contributed by atoms with E-state index in [0.29, 0.717) is 17.1 Å². The predicted molar refractivity (Wildman–Crippen MR) is 92.3 cm³/mol. The molecule has 0 aromatic carbocycles. The molecule has 4 fully saturated rings. The van der Waals surface area contributed by atoms with Crippen molar-refractivity contribution in [2.24, 2.45) is 34.5 Å².